The maximum Gasteiger partial charge on any atom is 0.124 e. The Balaban J connectivity index is 1.25. The van der Waals surface area contributed by atoms with Crippen molar-refractivity contribution in [1.82, 2.24) is 9.80 Å². The highest BCUT2D eigenvalue weighted by Gasteiger charge is 2.33. The van der Waals surface area contributed by atoms with Gasteiger partial charge in [0, 0.05) is 67.3 Å². The van der Waals surface area contributed by atoms with Crippen LogP contribution in [0.3, 0.4) is 0 Å². The summed E-state index contributed by atoms with van der Waals surface area (Å²) in [5.41, 5.74) is 21.6. The zero-order chi connectivity index (χ0) is 29.6. The number of hydrogen-bond acceptors (Lipinski definition) is 8. The molecule has 3 fully saturated rings. The first-order valence-corrected chi connectivity index (χ1v) is 15.9. The molecule has 2 saturated heterocycles. The number of aromatic hydroxyl groups is 1. The minimum atomic E-state index is 0.127. The number of likely N-dealkylation sites (tertiary alicyclic amines) is 1. The van der Waals surface area contributed by atoms with Gasteiger partial charge in [0.1, 0.15) is 23.4 Å². The number of hydrogen-bond donors (Lipinski definition) is 4. The number of piperidine rings is 1. The summed E-state index contributed by atoms with van der Waals surface area (Å²) in [5, 5.41) is 10.3. The first-order chi connectivity index (χ1) is 20.3. The fourth-order valence-electron chi connectivity index (χ4n) is 7.19. The van der Waals surface area contributed by atoms with Gasteiger partial charge in [0.25, 0.3) is 0 Å². The Hall–Kier alpha value is -3.52. The molecule has 1 aliphatic carbocycles. The lowest BCUT2D eigenvalue weighted by Crippen LogP contribution is -2.57. The largest absolute Gasteiger partial charge is 0.507 e. The number of para-hydroxylation sites is 1. The lowest BCUT2D eigenvalue weighted by atomic mass is 9.92. The first-order valence-electron chi connectivity index (χ1n) is 15.9. The molecular weight excluding hydrogens is 524 g/mol. The van der Waals surface area contributed by atoms with E-state index in [1.165, 1.54) is 37.8 Å². The van der Waals surface area contributed by atoms with E-state index in [0.717, 1.165) is 57.2 Å². The molecule has 1 saturated carbocycles. The predicted octanol–water partition coefficient (Wildman–Crippen LogP) is 4.94. The van der Waals surface area contributed by atoms with E-state index in [2.05, 4.69) is 52.8 Å². The fourth-order valence-corrected chi connectivity index (χ4v) is 7.19. The van der Waals surface area contributed by atoms with Crippen molar-refractivity contribution in [2.24, 2.45) is 17.2 Å². The summed E-state index contributed by atoms with van der Waals surface area (Å²) in [6.45, 7) is 8.24. The third kappa shape index (κ3) is 6.92. The number of benzene rings is 2. The fraction of sp³-hybridized carbons (Fsp3) is 0.529. The van der Waals surface area contributed by atoms with Crippen LogP contribution in [0, 0.1) is 0 Å². The molecule has 2 aromatic carbocycles. The van der Waals surface area contributed by atoms with Crippen molar-refractivity contribution in [1.29, 1.82) is 0 Å². The molecule has 0 aromatic heterocycles. The van der Waals surface area contributed by atoms with Gasteiger partial charge in [-0.3, -0.25) is 0 Å². The Morgan fingerprint density at radius 2 is 1.69 bits per heavy atom. The third-order valence-electron chi connectivity index (χ3n) is 9.39. The first kappa shape index (κ1) is 30.0. The second-order valence-corrected chi connectivity index (χ2v) is 12.3. The molecule has 2 atom stereocenters. The summed E-state index contributed by atoms with van der Waals surface area (Å²) >= 11 is 0. The maximum atomic E-state index is 10.3. The molecular formula is C34H50N6O2. The molecule has 8 nitrogen and oxygen atoms in total. The van der Waals surface area contributed by atoms with Crippen LogP contribution in [-0.2, 0) is 0 Å². The molecule has 5 rings (SSSR count). The van der Waals surface area contributed by atoms with Crippen molar-refractivity contribution in [2.45, 2.75) is 89.4 Å². The smallest absolute Gasteiger partial charge is 0.124 e. The quantitative estimate of drug-likeness (QED) is 0.328. The molecule has 0 spiro atoms. The number of piperazine rings is 1. The van der Waals surface area contributed by atoms with Crippen molar-refractivity contribution >= 4 is 11.4 Å². The molecule has 0 amide bonds. The Bertz CT molecular complexity index is 1240. The number of phenols is 1. The van der Waals surface area contributed by atoms with Gasteiger partial charge in [-0.15, -0.1) is 0 Å². The van der Waals surface area contributed by atoms with E-state index in [4.69, 9.17) is 21.9 Å². The zero-order valence-corrected chi connectivity index (χ0v) is 25.4. The normalized spacial score (nSPS) is 23.1. The summed E-state index contributed by atoms with van der Waals surface area (Å²) in [6, 6.07) is 16.9. The van der Waals surface area contributed by atoms with E-state index in [1.807, 2.05) is 6.07 Å². The summed E-state index contributed by atoms with van der Waals surface area (Å²) in [6.07, 6.45) is 12.1. The SMILES string of the molecule is CC[C@@H]1CN(C(/C=C(\N)c2ccccc2O)=C(N)N)C[C@H](C)N1c1cccc(OC2CCN(C3CCCCC3)CC2)c1. The van der Waals surface area contributed by atoms with Crippen LogP contribution in [0.1, 0.15) is 70.8 Å². The van der Waals surface area contributed by atoms with Gasteiger partial charge in [0.05, 0.1) is 5.70 Å². The second kappa shape index (κ2) is 13.6. The van der Waals surface area contributed by atoms with Gasteiger partial charge >= 0.3 is 0 Å². The van der Waals surface area contributed by atoms with Crippen LogP contribution >= 0.6 is 0 Å². The van der Waals surface area contributed by atoms with Crippen LogP contribution in [0.25, 0.3) is 5.70 Å². The molecule has 228 valence electrons. The Morgan fingerprint density at radius 3 is 2.38 bits per heavy atom. The Kier molecular flexibility index (Phi) is 9.73. The van der Waals surface area contributed by atoms with Gasteiger partial charge < -0.3 is 41.7 Å². The van der Waals surface area contributed by atoms with E-state index in [9.17, 15) is 5.11 Å². The number of rotatable bonds is 8. The molecule has 0 radical (unpaired) electrons. The number of ether oxygens (including phenoxy) is 1. The molecule has 42 heavy (non-hydrogen) atoms. The van der Waals surface area contributed by atoms with E-state index in [-0.39, 0.29) is 29.8 Å². The number of allylic oxidation sites excluding steroid dienone is 1. The van der Waals surface area contributed by atoms with Crippen LogP contribution in [-0.4, -0.2) is 65.3 Å². The monoisotopic (exact) mass is 574 g/mol. The van der Waals surface area contributed by atoms with Gasteiger partial charge in [0.15, 0.2) is 0 Å². The van der Waals surface area contributed by atoms with Crippen molar-refractivity contribution in [3.63, 3.8) is 0 Å². The summed E-state index contributed by atoms with van der Waals surface area (Å²) in [7, 11) is 0. The summed E-state index contributed by atoms with van der Waals surface area (Å²) in [5.74, 6) is 1.30. The Labute approximate surface area is 251 Å². The van der Waals surface area contributed by atoms with Crippen LogP contribution in [0.15, 0.2) is 66.1 Å². The van der Waals surface area contributed by atoms with Crippen molar-refractivity contribution in [3.05, 3.63) is 71.7 Å². The molecule has 2 aliphatic heterocycles. The van der Waals surface area contributed by atoms with E-state index in [1.54, 1.807) is 24.3 Å². The average molecular weight is 575 g/mol. The number of anilines is 1. The molecule has 3 aliphatic rings. The van der Waals surface area contributed by atoms with Crippen molar-refractivity contribution in [2.75, 3.05) is 31.1 Å². The van der Waals surface area contributed by atoms with E-state index in [0.29, 0.717) is 17.0 Å². The highest BCUT2D eigenvalue weighted by molar-refractivity contribution is 5.70. The van der Waals surface area contributed by atoms with Crippen LogP contribution < -0.4 is 26.8 Å². The number of phenolic OH excluding ortho intramolecular Hbond substituents is 1. The van der Waals surface area contributed by atoms with Gasteiger partial charge in [-0.1, -0.05) is 44.4 Å². The van der Waals surface area contributed by atoms with Crippen molar-refractivity contribution < 1.29 is 9.84 Å². The molecule has 0 unspecified atom stereocenters. The standard InChI is InChI=1S/C34H50N6O2/c1-3-25-23-39(32(34(36)37)21-31(35)30-14-7-8-15-33(30)41)22-24(2)40(25)27-12-9-13-29(20-27)42-28-16-18-38(19-17-28)26-10-5-4-6-11-26/h7-9,12-15,20-21,24-26,28,41H,3-6,10-11,16-19,22-23,35-37H2,1-2H3/b31-21-/t24-,25+/m0/s1. The molecule has 8 heteroatoms. The number of nitrogens with zero attached hydrogens (tertiary/aromatic N) is 3. The minimum absolute atomic E-state index is 0.127. The second-order valence-electron chi connectivity index (χ2n) is 12.3. The van der Waals surface area contributed by atoms with Gasteiger partial charge in [-0.2, -0.15) is 0 Å². The van der Waals surface area contributed by atoms with Crippen LogP contribution in [0.4, 0.5) is 5.69 Å². The third-order valence-corrected chi connectivity index (χ3v) is 9.39. The minimum Gasteiger partial charge on any atom is -0.507 e. The topological polar surface area (TPSA) is 117 Å². The summed E-state index contributed by atoms with van der Waals surface area (Å²) in [4.78, 5) is 7.44. The highest BCUT2D eigenvalue weighted by Crippen LogP contribution is 2.33. The molecule has 0 bridgehead atoms. The predicted molar refractivity (Wildman–Crippen MR) is 172 cm³/mol. The lowest BCUT2D eigenvalue weighted by Gasteiger charge is -2.48. The summed E-state index contributed by atoms with van der Waals surface area (Å²) < 4.78 is 6.57. The van der Waals surface area contributed by atoms with Crippen LogP contribution in [0.2, 0.25) is 0 Å². The molecule has 2 heterocycles. The van der Waals surface area contributed by atoms with Gasteiger partial charge in [-0.05, 0) is 69.4 Å². The van der Waals surface area contributed by atoms with Crippen molar-refractivity contribution in [3.8, 4) is 11.5 Å². The number of nitrogens with two attached hydrogens (primary N) is 3. The zero-order valence-electron chi connectivity index (χ0n) is 25.4. The van der Waals surface area contributed by atoms with E-state index < -0.39 is 0 Å². The van der Waals surface area contributed by atoms with Crippen LogP contribution in [0.5, 0.6) is 11.5 Å². The highest BCUT2D eigenvalue weighted by atomic mass is 16.5. The lowest BCUT2D eigenvalue weighted by molar-refractivity contribution is 0.0631. The molecule has 7 N–H and O–H groups in total. The van der Waals surface area contributed by atoms with E-state index >= 15 is 0 Å². The average Bonchev–Trinajstić information content (AvgIpc) is 3.00. The Morgan fingerprint density at radius 1 is 0.952 bits per heavy atom. The molecule has 2 aromatic rings. The van der Waals surface area contributed by atoms with Gasteiger partial charge in [-0.25, -0.2) is 0 Å². The van der Waals surface area contributed by atoms with Gasteiger partial charge in [0.2, 0.25) is 0 Å². The maximum absolute atomic E-state index is 10.3.